The number of aromatic nitrogens is 2. The zero-order valence-electron chi connectivity index (χ0n) is 13.4. The fourth-order valence-corrected chi connectivity index (χ4v) is 4.15. The van der Waals surface area contributed by atoms with Crippen LogP contribution in [0.25, 0.3) is 11.0 Å². The van der Waals surface area contributed by atoms with Gasteiger partial charge in [0.25, 0.3) is 0 Å². The molecule has 0 spiro atoms. The zero-order valence-corrected chi connectivity index (χ0v) is 13.4. The quantitative estimate of drug-likeness (QED) is 0.907. The molecular weight excluding hydrogens is 262 g/mol. The van der Waals surface area contributed by atoms with E-state index < -0.39 is 0 Å². The van der Waals surface area contributed by atoms with Gasteiger partial charge in [-0.1, -0.05) is 26.8 Å². The average Bonchev–Trinajstić information content (AvgIpc) is 2.71. The molecule has 0 amide bonds. The van der Waals surface area contributed by atoms with Gasteiger partial charge in [-0.15, -0.1) is 0 Å². The first-order valence-electron chi connectivity index (χ1n) is 7.72. The van der Waals surface area contributed by atoms with Crippen LogP contribution in [0.4, 0.5) is 5.95 Å². The maximum atomic E-state index is 6.24. The molecule has 3 rings (SSSR count). The van der Waals surface area contributed by atoms with E-state index in [1.54, 1.807) is 7.11 Å². The number of nitrogens with zero attached hydrogens (tertiary/aromatic N) is 2. The predicted molar refractivity (Wildman–Crippen MR) is 86.5 cm³/mol. The number of para-hydroxylation sites is 1. The molecule has 114 valence electrons. The van der Waals surface area contributed by atoms with Gasteiger partial charge in [0.15, 0.2) is 0 Å². The Bertz CT molecular complexity index is 659. The molecule has 1 saturated carbocycles. The largest absolute Gasteiger partial charge is 0.494 e. The van der Waals surface area contributed by atoms with E-state index in [1.165, 1.54) is 6.42 Å². The molecule has 1 fully saturated rings. The average molecular weight is 287 g/mol. The Morgan fingerprint density at radius 2 is 2.10 bits per heavy atom. The molecule has 0 aliphatic heterocycles. The van der Waals surface area contributed by atoms with Gasteiger partial charge in [-0.2, -0.15) is 0 Å². The van der Waals surface area contributed by atoms with E-state index in [4.69, 9.17) is 10.5 Å². The van der Waals surface area contributed by atoms with Crippen LogP contribution in [-0.2, 0) is 0 Å². The van der Waals surface area contributed by atoms with Crippen molar-refractivity contribution in [1.29, 1.82) is 0 Å². The van der Waals surface area contributed by atoms with Crippen LogP contribution in [0.2, 0.25) is 0 Å². The van der Waals surface area contributed by atoms with Crippen LogP contribution in [0.15, 0.2) is 18.2 Å². The van der Waals surface area contributed by atoms with E-state index in [0.717, 1.165) is 29.6 Å². The topological polar surface area (TPSA) is 53.1 Å². The normalized spacial score (nSPS) is 25.1. The minimum atomic E-state index is 0.351. The number of imidazole rings is 1. The molecule has 0 bridgehead atoms. The zero-order chi connectivity index (χ0) is 15.2. The van der Waals surface area contributed by atoms with Crippen LogP contribution in [0, 0.1) is 11.3 Å². The van der Waals surface area contributed by atoms with Crippen LogP contribution in [0.3, 0.4) is 0 Å². The Hall–Kier alpha value is -1.71. The first-order valence-corrected chi connectivity index (χ1v) is 7.72. The summed E-state index contributed by atoms with van der Waals surface area (Å²) < 4.78 is 7.63. The van der Waals surface area contributed by atoms with E-state index in [9.17, 15) is 0 Å². The Morgan fingerprint density at radius 1 is 1.33 bits per heavy atom. The highest BCUT2D eigenvalue weighted by Crippen LogP contribution is 2.45. The first-order chi connectivity index (χ1) is 9.91. The molecule has 4 nitrogen and oxygen atoms in total. The van der Waals surface area contributed by atoms with Gasteiger partial charge in [-0.3, -0.25) is 0 Å². The fourth-order valence-electron chi connectivity index (χ4n) is 4.15. The van der Waals surface area contributed by atoms with E-state index in [-0.39, 0.29) is 0 Å². The molecule has 1 aliphatic rings. The maximum absolute atomic E-state index is 6.24. The molecular formula is C17H25N3O. The molecule has 1 aromatic heterocycles. The third-order valence-corrected chi connectivity index (χ3v) is 4.66. The maximum Gasteiger partial charge on any atom is 0.201 e. The highest BCUT2D eigenvalue weighted by atomic mass is 16.5. The van der Waals surface area contributed by atoms with Crippen molar-refractivity contribution in [2.45, 2.75) is 46.1 Å². The van der Waals surface area contributed by atoms with Crippen molar-refractivity contribution in [1.82, 2.24) is 9.55 Å². The Labute approximate surface area is 126 Å². The molecule has 1 aliphatic carbocycles. The molecule has 1 heterocycles. The van der Waals surface area contributed by atoms with Crippen molar-refractivity contribution in [3.05, 3.63) is 18.2 Å². The molecule has 0 radical (unpaired) electrons. The highest BCUT2D eigenvalue weighted by molar-refractivity contribution is 5.84. The van der Waals surface area contributed by atoms with E-state index >= 15 is 0 Å². The van der Waals surface area contributed by atoms with Crippen LogP contribution in [0.5, 0.6) is 5.75 Å². The first kappa shape index (κ1) is 14.2. The summed E-state index contributed by atoms with van der Waals surface area (Å²) in [5.41, 5.74) is 8.54. The number of benzene rings is 1. The number of hydrogen-bond acceptors (Lipinski definition) is 3. The van der Waals surface area contributed by atoms with Crippen molar-refractivity contribution in [2.24, 2.45) is 11.3 Å². The Balaban J connectivity index is 2.10. The molecule has 0 saturated heterocycles. The third-order valence-electron chi connectivity index (χ3n) is 4.66. The molecule has 1 aromatic carbocycles. The van der Waals surface area contributed by atoms with E-state index in [1.807, 2.05) is 12.1 Å². The summed E-state index contributed by atoms with van der Waals surface area (Å²) in [4.78, 5) is 4.55. The number of methoxy groups -OCH3 is 1. The minimum Gasteiger partial charge on any atom is -0.494 e. The van der Waals surface area contributed by atoms with Crippen molar-refractivity contribution < 1.29 is 4.74 Å². The summed E-state index contributed by atoms with van der Waals surface area (Å²) in [6.07, 6.45) is 3.58. The van der Waals surface area contributed by atoms with Crippen molar-refractivity contribution in [3.8, 4) is 5.75 Å². The van der Waals surface area contributed by atoms with Gasteiger partial charge >= 0.3 is 0 Å². The second kappa shape index (κ2) is 4.93. The van der Waals surface area contributed by atoms with Gasteiger partial charge in [-0.05, 0) is 42.7 Å². The standard InChI is InChI=1S/C17H25N3O/c1-11-8-12(10-17(2,3)9-11)20-13-6-5-7-14(21-4)15(13)19-16(20)18/h5-7,11-12H,8-10H2,1-4H3,(H2,18,19)/t11-,12+/m1/s1. The summed E-state index contributed by atoms with van der Waals surface area (Å²) in [5.74, 6) is 2.10. The number of fused-ring (bicyclic) bond motifs is 1. The summed E-state index contributed by atoms with van der Waals surface area (Å²) >= 11 is 0. The summed E-state index contributed by atoms with van der Waals surface area (Å²) in [7, 11) is 1.68. The van der Waals surface area contributed by atoms with Gasteiger partial charge < -0.3 is 15.0 Å². The molecule has 21 heavy (non-hydrogen) atoms. The van der Waals surface area contributed by atoms with Gasteiger partial charge in [0.2, 0.25) is 5.95 Å². The molecule has 0 unspecified atom stereocenters. The molecule has 2 aromatic rings. The van der Waals surface area contributed by atoms with Gasteiger partial charge in [0, 0.05) is 6.04 Å². The number of nitrogen functional groups attached to an aromatic ring is 1. The number of ether oxygens (including phenoxy) is 1. The lowest BCUT2D eigenvalue weighted by molar-refractivity contribution is 0.140. The number of nitrogens with two attached hydrogens (primary N) is 1. The monoisotopic (exact) mass is 287 g/mol. The summed E-state index contributed by atoms with van der Waals surface area (Å²) in [6.45, 7) is 7.04. The summed E-state index contributed by atoms with van der Waals surface area (Å²) in [6, 6.07) is 6.46. The molecule has 4 heteroatoms. The Kier molecular flexibility index (Phi) is 3.34. The number of rotatable bonds is 2. The molecule has 2 N–H and O–H groups in total. The fraction of sp³-hybridized carbons (Fsp3) is 0.588. The van der Waals surface area contributed by atoms with Crippen LogP contribution < -0.4 is 10.5 Å². The Morgan fingerprint density at radius 3 is 2.76 bits per heavy atom. The van der Waals surface area contributed by atoms with Crippen molar-refractivity contribution in [3.63, 3.8) is 0 Å². The van der Waals surface area contributed by atoms with Crippen LogP contribution in [-0.4, -0.2) is 16.7 Å². The lowest BCUT2D eigenvalue weighted by Crippen LogP contribution is -2.29. The number of hydrogen-bond donors (Lipinski definition) is 1. The lowest BCUT2D eigenvalue weighted by Gasteiger charge is -2.40. The van der Waals surface area contributed by atoms with Crippen LogP contribution in [0.1, 0.15) is 46.1 Å². The second-order valence-corrected chi connectivity index (χ2v) is 7.24. The van der Waals surface area contributed by atoms with Crippen molar-refractivity contribution in [2.75, 3.05) is 12.8 Å². The van der Waals surface area contributed by atoms with Gasteiger partial charge in [-0.25, -0.2) is 4.98 Å². The van der Waals surface area contributed by atoms with Gasteiger partial charge in [0.05, 0.1) is 12.6 Å². The van der Waals surface area contributed by atoms with Gasteiger partial charge in [0.1, 0.15) is 11.3 Å². The third kappa shape index (κ3) is 2.47. The second-order valence-electron chi connectivity index (χ2n) is 7.24. The minimum absolute atomic E-state index is 0.351. The van der Waals surface area contributed by atoms with Crippen LogP contribution >= 0.6 is 0 Å². The predicted octanol–water partition coefficient (Wildman–Crippen LogP) is 4.01. The molecule has 2 atom stereocenters. The van der Waals surface area contributed by atoms with E-state index in [0.29, 0.717) is 23.3 Å². The highest BCUT2D eigenvalue weighted by Gasteiger charge is 2.34. The number of anilines is 1. The SMILES string of the molecule is COc1cccc2c1nc(N)n2[C@H]1C[C@@H](C)CC(C)(C)C1. The van der Waals surface area contributed by atoms with E-state index in [2.05, 4.69) is 36.4 Å². The smallest absolute Gasteiger partial charge is 0.201 e. The lowest BCUT2D eigenvalue weighted by atomic mass is 9.70. The summed E-state index contributed by atoms with van der Waals surface area (Å²) in [5, 5.41) is 0. The van der Waals surface area contributed by atoms with Crippen molar-refractivity contribution >= 4 is 17.0 Å².